The first kappa shape index (κ1) is 18.2. The van der Waals surface area contributed by atoms with Crippen molar-refractivity contribution < 1.29 is 9.90 Å². The van der Waals surface area contributed by atoms with Crippen LogP contribution in [0.15, 0.2) is 0 Å². The van der Waals surface area contributed by atoms with E-state index in [1.807, 2.05) is 11.8 Å². The second kappa shape index (κ2) is 5.89. The van der Waals surface area contributed by atoms with Crippen molar-refractivity contribution in [1.29, 1.82) is 0 Å². The number of carbonyl (C=O) groups is 1. The summed E-state index contributed by atoms with van der Waals surface area (Å²) in [6.07, 6.45) is 11.2. The molecule has 5 fully saturated rings. The molecule has 0 aromatic rings. The van der Waals surface area contributed by atoms with Gasteiger partial charge in [0.15, 0.2) is 0 Å². The summed E-state index contributed by atoms with van der Waals surface area (Å²) in [4.78, 5) is 12.4. The average Bonchev–Trinajstić information content (AvgIpc) is 2.57. The van der Waals surface area contributed by atoms with Gasteiger partial charge >= 0.3 is 0 Å². The second-order valence-electron chi connectivity index (χ2n) is 10.1. The lowest BCUT2D eigenvalue weighted by atomic mass is 9.35. The van der Waals surface area contributed by atoms with Crippen LogP contribution in [0, 0.1) is 39.9 Å². The summed E-state index contributed by atoms with van der Waals surface area (Å²) in [7, 11) is 0. The number of hydrogen-bond donors (Lipinski definition) is 2. The third-order valence-electron chi connectivity index (χ3n) is 9.41. The number of thioether (sulfide) groups is 1. The Morgan fingerprint density at radius 3 is 2.56 bits per heavy atom. The highest BCUT2D eigenvalue weighted by atomic mass is 32.2. The zero-order valence-electron chi connectivity index (χ0n) is 16.1. The van der Waals surface area contributed by atoms with Gasteiger partial charge in [0.25, 0.3) is 0 Å². The van der Waals surface area contributed by atoms with Crippen LogP contribution in [0.5, 0.6) is 0 Å². The van der Waals surface area contributed by atoms with E-state index in [4.69, 9.17) is 5.73 Å². The summed E-state index contributed by atoms with van der Waals surface area (Å²) >= 11 is 1.89. The fourth-order valence-electron chi connectivity index (χ4n) is 8.19. The Bertz CT molecular complexity index is 568. The molecule has 0 heterocycles. The van der Waals surface area contributed by atoms with Crippen molar-refractivity contribution in [3.63, 3.8) is 0 Å². The van der Waals surface area contributed by atoms with Gasteiger partial charge in [0.2, 0.25) is 5.91 Å². The molecule has 0 aromatic heterocycles. The molecule has 8 atom stereocenters. The van der Waals surface area contributed by atoms with E-state index in [9.17, 15) is 9.90 Å². The first-order chi connectivity index (χ1) is 11.8. The number of aliphatic hydroxyl groups excluding tert-OH is 1. The Hall–Kier alpha value is -0.220. The molecule has 4 heteroatoms. The minimum atomic E-state index is -0.352. The lowest BCUT2D eigenvalue weighted by molar-refractivity contribution is -0.238. The van der Waals surface area contributed by atoms with Crippen LogP contribution in [0.4, 0.5) is 0 Å². The van der Waals surface area contributed by atoms with Gasteiger partial charge in [0.05, 0.1) is 6.10 Å². The summed E-state index contributed by atoms with van der Waals surface area (Å²) in [6.45, 7) is 4.57. The van der Waals surface area contributed by atoms with E-state index in [1.165, 1.54) is 25.7 Å². The molecule has 142 valence electrons. The number of nitrogens with two attached hydrogens (primary N) is 1. The molecule has 1 spiro atoms. The van der Waals surface area contributed by atoms with Gasteiger partial charge in [-0.05, 0) is 91.5 Å². The van der Waals surface area contributed by atoms with E-state index < -0.39 is 0 Å². The summed E-state index contributed by atoms with van der Waals surface area (Å²) in [5.41, 5.74) is 5.83. The smallest absolute Gasteiger partial charge is 0.223 e. The fourth-order valence-corrected chi connectivity index (χ4v) is 9.03. The van der Waals surface area contributed by atoms with E-state index in [0.717, 1.165) is 31.4 Å². The van der Waals surface area contributed by atoms with Crippen molar-refractivity contribution in [1.82, 2.24) is 0 Å². The SMILES string of the molecule is CSC[C@H]1[C@H]2CC[C@@]3(CC[C@H]4[C@@](C)(CCC[C@@]4(C)C(N)=O)[C@@H]3C2)[C@@H]1O. The summed E-state index contributed by atoms with van der Waals surface area (Å²) in [6, 6.07) is 0. The summed E-state index contributed by atoms with van der Waals surface area (Å²) in [5, 5.41) is 11.4. The topological polar surface area (TPSA) is 63.3 Å². The van der Waals surface area contributed by atoms with Crippen LogP contribution >= 0.6 is 11.8 Å². The molecule has 5 aliphatic carbocycles. The zero-order chi connectivity index (χ0) is 18.0. The second-order valence-corrected chi connectivity index (χ2v) is 11.0. The van der Waals surface area contributed by atoms with Crippen LogP contribution in [-0.4, -0.2) is 29.1 Å². The zero-order valence-corrected chi connectivity index (χ0v) is 16.9. The highest BCUT2D eigenvalue weighted by Gasteiger charge is 2.68. The Morgan fingerprint density at radius 2 is 1.88 bits per heavy atom. The molecule has 5 saturated carbocycles. The lowest BCUT2D eigenvalue weighted by Crippen LogP contribution is -2.67. The molecule has 0 aromatic carbocycles. The van der Waals surface area contributed by atoms with Crippen molar-refractivity contribution in [2.45, 2.75) is 71.3 Å². The van der Waals surface area contributed by atoms with Crippen LogP contribution in [0.2, 0.25) is 0 Å². The van der Waals surface area contributed by atoms with Gasteiger partial charge in [0, 0.05) is 5.41 Å². The maximum absolute atomic E-state index is 12.4. The van der Waals surface area contributed by atoms with Crippen LogP contribution in [0.3, 0.4) is 0 Å². The molecule has 0 saturated heterocycles. The van der Waals surface area contributed by atoms with Gasteiger partial charge in [-0.15, -0.1) is 0 Å². The molecule has 0 radical (unpaired) electrons. The van der Waals surface area contributed by atoms with E-state index in [0.29, 0.717) is 23.7 Å². The Morgan fingerprint density at radius 1 is 1.16 bits per heavy atom. The molecular weight excluding hydrogens is 330 g/mol. The van der Waals surface area contributed by atoms with Crippen molar-refractivity contribution in [2.75, 3.05) is 12.0 Å². The monoisotopic (exact) mass is 365 g/mol. The van der Waals surface area contributed by atoms with Gasteiger partial charge < -0.3 is 10.8 Å². The number of carbonyl (C=O) groups excluding carboxylic acids is 1. The number of hydrogen-bond acceptors (Lipinski definition) is 3. The first-order valence-corrected chi connectivity index (χ1v) is 11.7. The fraction of sp³-hybridized carbons (Fsp3) is 0.952. The van der Waals surface area contributed by atoms with Crippen molar-refractivity contribution >= 4 is 17.7 Å². The number of aliphatic hydroxyl groups is 1. The first-order valence-electron chi connectivity index (χ1n) is 10.3. The third kappa shape index (κ3) is 2.25. The number of rotatable bonds is 3. The lowest BCUT2D eigenvalue weighted by Gasteiger charge is -2.70. The molecule has 3 nitrogen and oxygen atoms in total. The number of amides is 1. The predicted molar refractivity (Wildman–Crippen MR) is 103 cm³/mol. The summed E-state index contributed by atoms with van der Waals surface area (Å²) < 4.78 is 0. The minimum Gasteiger partial charge on any atom is -0.392 e. The largest absolute Gasteiger partial charge is 0.392 e. The minimum absolute atomic E-state index is 0.0962. The maximum Gasteiger partial charge on any atom is 0.223 e. The average molecular weight is 366 g/mol. The maximum atomic E-state index is 12.4. The molecule has 0 aliphatic heterocycles. The Balaban J connectivity index is 1.72. The normalized spacial score (nSPS) is 54.6. The third-order valence-corrected chi connectivity index (χ3v) is 10.1. The molecular formula is C21H35NO2S. The quantitative estimate of drug-likeness (QED) is 0.799. The number of primary amides is 1. The van der Waals surface area contributed by atoms with Gasteiger partial charge in [-0.25, -0.2) is 0 Å². The van der Waals surface area contributed by atoms with Gasteiger partial charge in [-0.1, -0.05) is 20.3 Å². The Labute approximate surface area is 156 Å². The van der Waals surface area contributed by atoms with Crippen molar-refractivity contribution in [2.24, 2.45) is 45.7 Å². The molecule has 5 rings (SSSR count). The molecule has 2 bridgehead atoms. The van der Waals surface area contributed by atoms with Crippen molar-refractivity contribution in [3.05, 3.63) is 0 Å². The van der Waals surface area contributed by atoms with Crippen LogP contribution in [-0.2, 0) is 4.79 Å². The molecule has 0 unspecified atom stereocenters. The van der Waals surface area contributed by atoms with Crippen LogP contribution < -0.4 is 5.73 Å². The van der Waals surface area contributed by atoms with Crippen LogP contribution in [0.1, 0.15) is 65.2 Å². The summed E-state index contributed by atoms with van der Waals surface area (Å²) in [5.74, 6) is 3.12. The van der Waals surface area contributed by atoms with E-state index in [-0.39, 0.29) is 28.3 Å². The molecule has 25 heavy (non-hydrogen) atoms. The van der Waals surface area contributed by atoms with Crippen LogP contribution in [0.25, 0.3) is 0 Å². The van der Waals surface area contributed by atoms with Crippen molar-refractivity contribution in [3.8, 4) is 0 Å². The van der Waals surface area contributed by atoms with Gasteiger partial charge in [0.1, 0.15) is 0 Å². The predicted octanol–water partition coefficient (Wildman–Crippen LogP) is 3.83. The standard InChI is InChI=1S/C21H35NO2S/c1-19-7-4-8-20(2,18(22)24)15(19)6-10-21-9-5-13(11-16(19)21)14(12-25-3)17(21)23/h13-17,23H,4-12H2,1-3H3,(H2,22,24)/t13-,14-,15-,16-,17+,19+,20+,21-/m0/s1. The highest BCUT2D eigenvalue weighted by molar-refractivity contribution is 7.98. The highest BCUT2D eigenvalue weighted by Crippen LogP contribution is 2.72. The van der Waals surface area contributed by atoms with E-state index >= 15 is 0 Å². The van der Waals surface area contributed by atoms with E-state index in [2.05, 4.69) is 20.1 Å². The number of fused-ring (bicyclic) bond motifs is 3. The Kier molecular flexibility index (Phi) is 4.28. The van der Waals surface area contributed by atoms with E-state index in [1.54, 1.807) is 0 Å². The molecule has 5 aliphatic rings. The molecule has 1 amide bonds. The van der Waals surface area contributed by atoms with Gasteiger partial charge in [-0.3, -0.25) is 4.79 Å². The molecule has 3 N–H and O–H groups in total. The van der Waals surface area contributed by atoms with Gasteiger partial charge in [-0.2, -0.15) is 11.8 Å².